The van der Waals surface area contributed by atoms with Crippen LogP contribution in [0.15, 0.2) is 18.2 Å². The first kappa shape index (κ1) is 15.4. The normalized spacial score (nSPS) is 19.8. The van der Waals surface area contributed by atoms with E-state index in [0.29, 0.717) is 6.54 Å². The minimum atomic E-state index is -0.775. The lowest BCUT2D eigenvalue weighted by atomic mass is 9.92. The zero-order valence-corrected chi connectivity index (χ0v) is 12.4. The fourth-order valence-corrected chi connectivity index (χ4v) is 2.97. The molecule has 1 aromatic rings. The van der Waals surface area contributed by atoms with Gasteiger partial charge < -0.3 is 5.32 Å². The third-order valence-corrected chi connectivity index (χ3v) is 4.42. The van der Waals surface area contributed by atoms with Gasteiger partial charge in [-0.2, -0.15) is 0 Å². The molecule has 2 rings (SSSR count). The predicted octanol–water partition coefficient (Wildman–Crippen LogP) is 3.32. The van der Waals surface area contributed by atoms with Crippen molar-refractivity contribution in [1.29, 1.82) is 0 Å². The lowest BCUT2D eigenvalue weighted by molar-refractivity contribution is 0.191. The van der Waals surface area contributed by atoms with Crippen molar-refractivity contribution in [1.82, 2.24) is 10.2 Å². The van der Waals surface area contributed by atoms with E-state index in [0.717, 1.165) is 44.5 Å². The van der Waals surface area contributed by atoms with E-state index in [9.17, 15) is 8.78 Å². The topological polar surface area (TPSA) is 15.3 Å². The predicted molar refractivity (Wildman–Crippen MR) is 77.6 cm³/mol. The molecule has 0 atom stereocenters. The van der Waals surface area contributed by atoms with Crippen LogP contribution in [0.3, 0.4) is 0 Å². The maximum atomic E-state index is 13.3. The van der Waals surface area contributed by atoms with E-state index in [1.165, 1.54) is 12.1 Å². The SMILES string of the molecule is CCC1(CC)CN(Cc2ccc(F)c(F)c2)CCCN1. The van der Waals surface area contributed by atoms with E-state index in [2.05, 4.69) is 24.1 Å². The van der Waals surface area contributed by atoms with E-state index < -0.39 is 11.6 Å². The minimum Gasteiger partial charge on any atom is -0.310 e. The highest BCUT2D eigenvalue weighted by molar-refractivity contribution is 5.17. The molecule has 0 unspecified atom stereocenters. The van der Waals surface area contributed by atoms with Crippen molar-refractivity contribution in [3.63, 3.8) is 0 Å². The van der Waals surface area contributed by atoms with Crippen LogP contribution in [-0.2, 0) is 6.54 Å². The molecule has 1 heterocycles. The van der Waals surface area contributed by atoms with Crippen LogP contribution in [0.2, 0.25) is 0 Å². The Morgan fingerprint density at radius 2 is 1.95 bits per heavy atom. The second-order valence-electron chi connectivity index (χ2n) is 5.73. The molecule has 1 aliphatic rings. The molecular weight excluding hydrogens is 258 g/mol. The highest BCUT2D eigenvalue weighted by atomic mass is 19.2. The number of benzene rings is 1. The summed E-state index contributed by atoms with van der Waals surface area (Å²) >= 11 is 0. The maximum Gasteiger partial charge on any atom is 0.159 e. The Labute approximate surface area is 120 Å². The average molecular weight is 282 g/mol. The minimum absolute atomic E-state index is 0.148. The smallest absolute Gasteiger partial charge is 0.159 e. The monoisotopic (exact) mass is 282 g/mol. The van der Waals surface area contributed by atoms with Gasteiger partial charge in [0.15, 0.2) is 11.6 Å². The highest BCUT2D eigenvalue weighted by Crippen LogP contribution is 2.21. The van der Waals surface area contributed by atoms with E-state index in [1.807, 2.05) is 0 Å². The van der Waals surface area contributed by atoms with Gasteiger partial charge in [-0.3, -0.25) is 4.90 Å². The summed E-state index contributed by atoms with van der Waals surface area (Å²) in [6.07, 6.45) is 3.25. The third kappa shape index (κ3) is 3.55. The number of nitrogens with zero attached hydrogens (tertiary/aromatic N) is 1. The Hall–Kier alpha value is -1.00. The van der Waals surface area contributed by atoms with Gasteiger partial charge in [0.05, 0.1) is 0 Å². The first-order valence-electron chi connectivity index (χ1n) is 7.50. The highest BCUT2D eigenvalue weighted by Gasteiger charge is 2.30. The molecule has 20 heavy (non-hydrogen) atoms. The van der Waals surface area contributed by atoms with Crippen LogP contribution in [0, 0.1) is 11.6 Å². The van der Waals surface area contributed by atoms with Gasteiger partial charge in [0.1, 0.15) is 0 Å². The van der Waals surface area contributed by atoms with Crippen LogP contribution >= 0.6 is 0 Å². The van der Waals surface area contributed by atoms with Gasteiger partial charge in [-0.25, -0.2) is 8.78 Å². The number of rotatable bonds is 4. The molecule has 0 aromatic heterocycles. The number of hydrogen-bond donors (Lipinski definition) is 1. The van der Waals surface area contributed by atoms with Crippen molar-refractivity contribution in [3.05, 3.63) is 35.4 Å². The first-order valence-corrected chi connectivity index (χ1v) is 7.50. The summed E-state index contributed by atoms with van der Waals surface area (Å²) in [5.74, 6) is -1.53. The van der Waals surface area contributed by atoms with E-state index in [-0.39, 0.29) is 5.54 Å². The molecular formula is C16H24F2N2. The third-order valence-electron chi connectivity index (χ3n) is 4.42. The quantitative estimate of drug-likeness (QED) is 0.911. The van der Waals surface area contributed by atoms with Crippen molar-refractivity contribution in [3.8, 4) is 0 Å². The molecule has 112 valence electrons. The molecule has 4 heteroatoms. The summed E-state index contributed by atoms with van der Waals surface area (Å²) in [7, 11) is 0. The lowest BCUT2D eigenvalue weighted by Crippen LogP contribution is -2.50. The maximum absolute atomic E-state index is 13.3. The van der Waals surface area contributed by atoms with Crippen molar-refractivity contribution < 1.29 is 8.78 Å². The molecule has 1 N–H and O–H groups in total. The molecule has 1 aromatic carbocycles. The van der Waals surface area contributed by atoms with Crippen LogP contribution in [-0.4, -0.2) is 30.1 Å². The second-order valence-corrected chi connectivity index (χ2v) is 5.73. The van der Waals surface area contributed by atoms with Gasteiger partial charge in [-0.1, -0.05) is 19.9 Å². The Morgan fingerprint density at radius 1 is 1.20 bits per heavy atom. The van der Waals surface area contributed by atoms with Crippen LogP contribution < -0.4 is 5.32 Å². The number of halogens is 2. The van der Waals surface area contributed by atoms with Crippen LogP contribution in [0.5, 0.6) is 0 Å². The fraction of sp³-hybridized carbons (Fsp3) is 0.625. The molecule has 0 aliphatic carbocycles. The van der Waals surface area contributed by atoms with Crippen LogP contribution in [0.25, 0.3) is 0 Å². The Kier molecular flexibility index (Phi) is 5.11. The largest absolute Gasteiger partial charge is 0.310 e. The fourth-order valence-electron chi connectivity index (χ4n) is 2.97. The van der Waals surface area contributed by atoms with Gasteiger partial charge >= 0.3 is 0 Å². The van der Waals surface area contributed by atoms with Gasteiger partial charge in [0, 0.05) is 18.6 Å². The average Bonchev–Trinajstić information content (AvgIpc) is 2.66. The molecule has 0 bridgehead atoms. The first-order chi connectivity index (χ1) is 9.58. The van der Waals surface area contributed by atoms with Crippen molar-refractivity contribution in [2.24, 2.45) is 0 Å². The summed E-state index contributed by atoms with van der Waals surface area (Å²) in [5, 5.41) is 3.65. The molecule has 2 nitrogen and oxygen atoms in total. The molecule has 0 saturated carbocycles. The number of hydrogen-bond acceptors (Lipinski definition) is 2. The van der Waals surface area contributed by atoms with Crippen LogP contribution in [0.4, 0.5) is 8.78 Å². The van der Waals surface area contributed by atoms with Gasteiger partial charge in [-0.15, -0.1) is 0 Å². The van der Waals surface area contributed by atoms with E-state index in [1.54, 1.807) is 6.07 Å². The summed E-state index contributed by atoms with van der Waals surface area (Å²) in [4.78, 5) is 2.35. The summed E-state index contributed by atoms with van der Waals surface area (Å²) in [5.41, 5.74) is 0.988. The molecule has 1 saturated heterocycles. The van der Waals surface area contributed by atoms with E-state index >= 15 is 0 Å². The van der Waals surface area contributed by atoms with Gasteiger partial charge in [-0.05, 0) is 50.0 Å². The van der Waals surface area contributed by atoms with Crippen molar-refractivity contribution in [2.45, 2.75) is 45.2 Å². The van der Waals surface area contributed by atoms with Crippen LogP contribution in [0.1, 0.15) is 38.7 Å². The lowest BCUT2D eigenvalue weighted by Gasteiger charge is -2.35. The van der Waals surface area contributed by atoms with Gasteiger partial charge in [0.2, 0.25) is 0 Å². The van der Waals surface area contributed by atoms with Gasteiger partial charge in [0.25, 0.3) is 0 Å². The molecule has 1 fully saturated rings. The summed E-state index contributed by atoms with van der Waals surface area (Å²) < 4.78 is 26.3. The number of nitrogens with one attached hydrogen (secondary N) is 1. The van der Waals surface area contributed by atoms with E-state index in [4.69, 9.17) is 0 Å². The standard InChI is InChI=1S/C16H24F2N2/c1-3-16(4-2)12-20(9-5-8-19-16)11-13-6-7-14(17)15(18)10-13/h6-7,10,19H,3-5,8-9,11-12H2,1-2H3. The van der Waals surface area contributed by atoms with Crippen molar-refractivity contribution >= 4 is 0 Å². The summed E-state index contributed by atoms with van der Waals surface area (Å²) in [6.45, 7) is 8.07. The Morgan fingerprint density at radius 3 is 2.60 bits per heavy atom. The Balaban J connectivity index is 2.08. The van der Waals surface area contributed by atoms with Crippen molar-refractivity contribution in [2.75, 3.05) is 19.6 Å². The zero-order chi connectivity index (χ0) is 14.6. The Bertz CT molecular complexity index is 444. The molecule has 0 radical (unpaired) electrons. The second kappa shape index (κ2) is 6.64. The molecule has 0 amide bonds. The molecule has 0 spiro atoms. The molecule has 1 aliphatic heterocycles. The zero-order valence-electron chi connectivity index (χ0n) is 12.4. The summed E-state index contributed by atoms with van der Waals surface area (Å²) in [6, 6.07) is 4.21.